The first-order valence-corrected chi connectivity index (χ1v) is 5.26. The first-order valence-electron chi connectivity index (χ1n) is 5.26. The topological polar surface area (TPSA) is 83.8 Å². The van der Waals surface area contributed by atoms with Crippen LogP contribution in [0, 0.1) is 0 Å². The van der Waals surface area contributed by atoms with Gasteiger partial charge in [-0.25, -0.2) is 0 Å². The number of hydrogen-bond acceptors (Lipinski definition) is 3. The van der Waals surface area contributed by atoms with Gasteiger partial charge in [0.05, 0.1) is 24.0 Å². The van der Waals surface area contributed by atoms with Crippen LogP contribution in [0.4, 0.5) is 0 Å². The van der Waals surface area contributed by atoms with Crippen LogP contribution in [0.2, 0.25) is 0 Å². The van der Waals surface area contributed by atoms with E-state index in [2.05, 4.69) is 15.5 Å². The van der Waals surface area contributed by atoms with E-state index < -0.39 is 6.04 Å². The Morgan fingerprint density at radius 3 is 3.19 bits per heavy atom. The zero-order chi connectivity index (χ0) is 10.8. The van der Waals surface area contributed by atoms with Gasteiger partial charge in [0, 0.05) is 0 Å². The summed E-state index contributed by atoms with van der Waals surface area (Å²) in [6.07, 6.45) is 4.90. The number of halogens is 1. The zero-order valence-electron chi connectivity index (χ0n) is 9.19. The maximum Gasteiger partial charge on any atom is 0.237 e. The second kappa shape index (κ2) is 5.32. The van der Waals surface area contributed by atoms with Crippen molar-refractivity contribution in [3.05, 3.63) is 17.5 Å². The third kappa shape index (κ3) is 2.54. The third-order valence-electron chi connectivity index (χ3n) is 2.77. The lowest BCUT2D eigenvalue weighted by Crippen LogP contribution is -2.41. The molecular formula is C10H17ClN4O. The van der Waals surface area contributed by atoms with Crippen molar-refractivity contribution < 1.29 is 4.79 Å². The summed E-state index contributed by atoms with van der Waals surface area (Å²) in [6, 6.07) is -0.409. The van der Waals surface area contributed by atoms with Gasteiger partial charge in [0.25, 0.3) is 0 Å². The molecule has 5 nitrogen and oxygen atoms in total. The Balaban J connectivity index is 0.00000128. The van der Waals surface area contributed by atoms with Gasteiger partial charge >= 0.3 is 0 Å². The lowest BCUT2D eigenvalue weighted by atomic mass is 9.93. The van der Waals surface area contributed by atoms with Gasteiger partial charge in [0.15, 0.2) is 0 Å². The highest BCUT2D eigenvalue weighted by atomic mass is 35.5. The van der Waals surface area contributed by atoms with Crippen molar-refractivity contribution in [2.24, 2.45) is 5.73 Å². The first kappa shape index (κ1) is 13.0. The largest absolute Gasteiger partial charge is 0.346 e. The van der Waals surface area contributed by atoms with E-state index in [0.29, 0.717) is 0 Å². The number of carbonyl (C=O) groups is 1. The number of fused-ring (bicyclic) bond motifs is 1. The van der Waals surface area contributed by atoms with Crippen LogP contribution in [0.25, 0.3) is 0 Å². The highest BCUT2D eigenvalue weighted by Gasteiger charge is 2.24. The van der Waals surface area contributed by atoms with Gasteiger partial charge in [0.2, 0.25) is 5.91 Å². The van der Waals surface area contributed by atoms with Gasteiger partial charge in [-0.15, -0.1) is 12.4 Å². The maximum absolute atomic E-state index is 11.5. The number of carbonyl (C=O) groups excluding carboxylic acids is 1. The van der Waals surface area contributed by atoms with Crippen LogP contribution in [0.5, 0.6) is 0 Å². The Morgan fingerprint density at radius 1 is 1.75 bits per heavy atom. The molecule has 6 heteroatoms. The lowest BCUT2D eigenvalue weighted by Gasteiger charge is -2.23. The van der Waals surface area contributed by atoms with Crippen LogP contribution in [-0.2, 0) is 11.2 Å². The summed E-state index contributed by atoms with van der Waals surface area (Å²) in [7, 11) is 0. The first-order chi connectivity index (χ1) is 7.18. The second-order valence-electron chi connectivity index (χ2n) is 4.05. The smallest absolute Gasteiger partial charge is 0.237 e. The van der Waals surface area contributed by atoms with Gasteiger partial charge in [-0.1, -0.05) is 0 Å². The van der Waals surface area contributed by atoms with Gasteiger partial charge in [-0.3, -0.25) is 9.89 Å². The Morgan fingerprint density at radius 2 is 2.50 bits per heavy atom. The van der Waals surface area contributed by atoms with E-state index in [4.69, 9.17) is 5.73 Å². The number of aryl methyl sites for hydroxylation is 1. The molecule has 0 fully saturated rings. The Hall–Kier alpha value is -1.07. The lowest BCUT2D eigenvalue weighted by molar-refractivity contribution is -0.122. The molecular weight excluding hydrogens is 228 g/mol. The number of aromatic amines is 1. The van der Waals surface area contributed by atoms with Gasteiger partial charge in [-0.05, 0) is 31.7 Å². The summed E-state index contributed by atoms with van der Waals surface area (Å²) < 4.78 is 0. The molecule has 2 rings (SSSR count). The summed E-state index contributed by atoms with van der Waals surface area (Å²) in [5.41, 5.74) is 7.75. The highest BCUT2D eigenvalue weighted by molar-refractivity contribution is 5.85. The molecule has 0 spiro atoms. The number of hydrogen-bond donors (Lipinski definition) is 3. The van der Waals surface area contributed by atoms with E-state index in [-0.39, 0.29) is 24.4 Å². The molecule has 16 heavy (non-hydrogen) atoms. The van der Waals surface area contributed by atoms with Gasteiger partial charge in [-0.2, -0.15) is 5.10 Å². The molecule has 1 aromatic heterocycles. The second-order valence-corrected chi connectivity index (χ2v) is 4.05. The number of amides is 1. The van der Waals surface area contributed by atoms with E-state index >= 15 is 0 Å². The number of H-pyrrole nitrogens is 1. The Bertz CT molecular complexity index is 363. The minimum absolute atomic E-state index is 0. The number of nitrogens with two attached hydrogens (primary N) is 1. The van der Waals surface area contributed by atoms with E-state index in [1.54, 1.807) is 6.92 Å². The van der Waals surface area contributed by atoms with Crippen molar-refractivity contribution in [3.63, 3.8) is 0 Å². The monoisotopic (exact) mass is 244 g/mol. The molecule has 90 valence electrons. The van der Waals surface area contributed by atoms with Crippen LogP contribution >= 0.6 is 12.4 Å². The van der Waals surface area contributed by atoms with Crippen LogP contribution in [0.15, 0.2) is 6.20 Å². The molecule has 1 aliphatic rings. The van der Waals surface area contributed by atoms with Crippen LogP contribution in [-0.4, -0.2) is 22.1 Å². The van der Waals surface area contributed by atoms with Gasteiger partial charge in [0.1, 0.15) is 0 Å². The number of aromatic nitrogens is 2. The minimum atomic E-state index is -0.460. The summed E-state index contributed by atoms with van der Waals surface area (Å²) >= 11 is 0. The van der Waals surface area contributed by atoms with Crippen molar-refractivity contribution in [2.75, 3.05) is 0 Å². The highest BCUT2D eigenvalue weighted by Crippen LogP contribution is 2.27. The molecule has 0 aromatic carbocycles. The Kier molecular flexibility index (Phi) is 4.32. The van der Waals surface area contributed by atoms with Crippen molar-refractivity contribution in [2.45, 2.75) is 38.3 Å². The number of nitrogens with zero attached hydrogens (tertiary/aromatic N) is 1. The summed E-state index contributed by atoms with van der Waals surface area (Å²) in [4.78, 5) is 11.5. The van der Waals surface area contributed by atoms with Crippen LogP contribution < -0.4 is 11.1 Å². The molecule has 0 aliphatic heterocycles. The molecule has 1 aromatic rings. The average molecular weight is 245 g/mol. The standard InChI is InChI=1S/C10H16N4O.ClH/c1-6(11)10(15)13-8-4-2-3-7-5-12-14-9(7)8;/h5-6,8H,2-4,11H2,1H3,(H,12,14)(H,13,15);1H/t6-,8?;/m0./s1. The molecule has 4 N–H and O–H groups in total. The number of rotatable bonds is 2. The normalized spacial score (nSPS) is 20.5. The van der Waals surface area contributed by atoms with Crippen LogP contribution in [0.1, 0.15) is 37.1 Å². The fourth-order valence-corrected chi connectivity index (χ4v) is 1.91. The van der Waals surface area contributed by atoms with Crippen molar-refractivity contribution >= 4 is 18.3 Å². The molecule has 2 atom stereocenters. The maximum atomic E-state index is 11.5. The van der Waals surface area contributed by atoms with E-state index in [1.807, 2.05) is 6.20 Å². The predicted molar refractivity (Wildman–Crippen MR) is 63.3 cm³/mol. The average Bonchev–Trinajstić information content (AvgIpc) is 2.66. The van der Waals surface area contributed by atoms with Crippen molar-refractivity contribution in [1.82, 2.24) is 15.5 Å². The van der Waals surface area contributed by atoms with Gasteiger partial charge < -0.3 is 11.1 Å². The SMILES string of the molecule is C[C@H](N)C(=O)NC1CCCc2cn[nH]c21.Cl. The fraction of sp³-hybridized carbons (Fsp3) is 0.600. The zero-order valence-corrected chi connectivity index (χ0v) is 10.0. The molecule has 0 saturated heterocycles. The van der Waals surface area contributed by atoms with E-state index in [1.165, 1.54) is 5.56 Å². The third-order valence-corrected chi connectivity index (χ3v) is 2.77. The molecule has 1 aliphatic carbocycles. The van der Waals surface area contributed by atoms with Crippen molar-refractivity contribution in [3.8, 4) is 0 Å². The molecule has 1 unspecified atom stereocenters. The molecule has 0 saturated carbocycles. The summed E-state index contributed by atoms with van der Waals surface area (Å²) in [5, 5.41) is 9.87. The number of nitrogens with one attached hydrogen (secondary N) is 2. The molecule has 0 bridgehead atoms. The Labute approximate surface area is 101 Å². The summed E-state index contributed by atoms with van der Waals surface area (Å²) in [5.74, 6) is -0.109. The van der Waals surface area contributed by atoms with E-state index in [0.717, 1.165) is 25.0 Å². The molecule has 1 amide bonds. The fourth-order valence-electron chi connectivity index (χ4n) is 1.91. The van der Waals surface area contributed by atoms with E-state index in [9.17, 15) is 4.79 Å². The molecule has 1 heterocycles. The predicted octanol–water partition coefficient (Wildman–Crippen LogP) is 0.672. The van der Waals surface area contributed by atoms with Crippen LogP contribution in [0.3, 0.4) is 0 Å². The quantitative estimate of drug-likeness (QED) is 0.715. The summed E-state index contributed by atoms with van der Waals surface area (Å²) in [6.45, 7) is 1.69. The van der Waals surface area contributed by atoms with Crippen molar-refractivity contribution in [1.29, 1.82) is 0 Å². The minimum Gasteiger partial charge on any atom is -0.346 e. The molecule has 0 radical (unpaired) electrons.